The minimum absolute atomic E-state index is 0.111. The van der Waals surface area contributed by atoms with E-state index in [4.69, 9.17) is 9.26 Å². The van der Waals surface area contributed by atoms with Gasteiger partial charge in [-0.05, 0) is 12.1 Å². The molecule has 1 aliphatic heterocycles. The fraction of sp³-hybridized carbons (Fsp3) is 0.333. The van der Waals surface area contributed by atoms with Crippen LogP contribution in [0.15, 0.2) is 28.8 Å². The van der Waals surface area contributed by atoms with Crippen LogP contribution in [-0.2, 0) is 6.61 Å². The molecule has 0 radical (unpaired) electrons. The van der Waals surface area contributed by atoms with Crippen LogP contribution < -0.4 is 10.1 Å². The molecule has 19 heavy (non-hydrogen) atoms. The lowest BCUT2D eigenvalue weighted by Gasteiger charge is -2.02. The number of ether oxygens (including phenoxy) is 1. The number of thioether (sulfide) groups is 1. The fourth-order valence-corrected chi connectivity index (χ4v) is 2.66. The molecule has 0 spiro atoms. The second kappa shape index (κ2) is 5.58. The fourth-order valence-electron chi connectivity index (χ4n) is 1.73. The third-order valence-electron chi connectivity index (χ3n) is 2.66. The first kappa shape index (κ1) is 12.4. The van der Waals surface area contributed by atoms with E-state index in [1.807, 2.05) is 0 Å². The average Bonchev–Trinajstić information content (AvgIpc) is 3.07. The molecule has 1 aromatic carbocycles. The van der Waals surface area contributed by atoms with E-state index in [0.717, 1.165) is 11.6 Å². The van der Waals surface area contributed by atoms with Crippen molar-refractivity contribution in [3.05, 3.63) is 41.8 Å². The van der Waals surface area contributed by atoms with Crippen molar-refractivity contribution in [2.24, 2.45) is 0 Å². The third-order valence-corrected chi connectivity index (χ3v) is 3.60. The maximum atomic E-state index is 13.0. The molecule has 1 aromatic heterocycles. The molecule has 1 aliphatic rings. The lowest BCUT2D eigenvalue weighted by molar-refractivity contribution is 0.282. The Morgan fingerprint density at radius 3 is 3.26 bits per heavy atom. The van der Waals surface area contributed by atoms with E-state index in [2.05, 4.69) is 15.5 Å². The smallest absolute Gasteiger partial charge is 0.244 e. The molecule has 2 aromatic rings. The van der Waals surface area contributed by atoms with E-state index < -0.39 is 0 Å². The van der Waals surface area contributed by atoms with E-state index in [9.17, 15) is 4.39 Å². The predicted molar refractivity (Wildman–Crippen MR) is 68.2 cm³/mol. The van der Waals surface area contributed by atoms with Crippen molar-refractivity contribution in [2.75, 3.05) is 11.6 Å². The number of nitrogens with one attached hydrogen (secondary N) is 1. The van der Waals surface area contributed by atoms with Gasteiger partial charge in [0.25, 0.3) is 0 Å². The van der Waals surface area contributed by atoms with Crippen molar-refractivity contribution >= 4 is 11.8 Å². The summed E-state index contributed by atoms with van der Waals surface area (Å²) in [6.45, 7) is 0.160. The zero-order valence-corrected chi connectivity index (χ0v) is 10.8. The van der Waals surface area contributed by atoms with Crippen molar-refractivity contribution in [3.63, 3.8) is 0 Å². The number of benzene rings is 1. The van der Waals surface area contributed by atoms with Gasteiger partial charge in [0.1, 0.15) is 11.6 Å². The lowest BCUT2D eigenvalue weighted by atomic mass is 10.3. The summed E-state index contributed by atoms with van der Waals surface area (Å²) < 4.78 is 23.5. The van der Waals surface area contributed by atoms with E-state index in [0.29, 0.717) is 17.5 Å². The first-order valence-corrected chi connectivity index (χ1v) is 6.99. The van der Waals surface area contributed by atoms with Gasteiger partial charge in [0.15, 0.2) is 6.61 Å². The number of hydrogen-bond donors (Lipinski definition) is 1. The number of aromatic nitrogens is 2. The van der Waals surface area contributed by atoms with E-state index in [1.54, 1.807) is 23.9 Å². The summed E-state index contributed by atoms with van der Waals surface area (Å²) in [6.07, 6.45) is 0. The Morgan fingerprint density at radius 1 is 1.53 bits per heavy atom. The maximum Gasteiger partial charge on any atom is 0.244 e. The van der Waals surface area contributed by atoms with Crippen LogP contribution in [0.25, 0.3) is 0 Å². The quantitative estimate of drug-likeness (QED) is 0.926. The van der Waals surface area contributed by atoms with Gasteiger partial charge in [0.2, 0.25) is 11.7 Å². The van der Waals surface area contributed by atoms with E-state index in [1.165, 1.54) is 12.1 Å². The second-order valence-corrected chi connectivity index (χ2v) is 5.10. The first-order valence-electron chi connectivity index (χ1n) is 5.83. The topological polar surface area (TPSA) is 60.2 Å². The van der Waals surface area contributed by atoms with Crippen LogP contribution >= 0.6 is 11.8 Å². The van der Waals surface area contributed by atoms with Gasteiger partial charge in [-0.15, -0.1) is 11.8 Å². The standard InChI is InChI=1S/C12H12FN3O2S/c13-8-2-1-3-9(4-8)17-5-11-15-12(18-16-11)10-6-19-7-14-10/h1-4,10,14H,5-7H2. The van der Waals surface area contributed by atoms with Crippen LogP contribution in [-0.4, -0.2) is 21.8 Å². The monoisotopic (exact) mass is 281 g/mol. The summed E-state index contributed by atoms with van der Waals surface area (Å²) in [5, 5.41) is 7.09. The molecule has 2 heterocycles. The number of nitrogens with zero attached hydrogens (tertiary/aromatic N) is 2. The number of hydrogen-bond acceptors (Lipinski definition) is 6. The second-order valence-electron chi connectivity index (χ2n) is 4.07. The minimum Gasteiger partial charge on any atom is -0.485 e. The molecule has 7 heteroatoms. The molecule has 0 amide bonds. The van der Waals surface area contributed by atoms with E-state index >= 15 is 0 Å². The van der Waals surface area contributed by atoms with Gasteiger partial charge in [0, 0.05) is 17.7 Å². The van der Waals surface area contributed by atoms with Crippen molar-refractivity contribution in [3.8, 4) is 5.75 Å². The Kier molecular flexibility index (Phi) is 3.65. The third kappa shape index (κ3) is 3.05. The largest absolute Gasteiger partial charge is 0.485 e. The van der Waals surface area contributed by atoms with Gasteiger partial charge in [-0.3, -0.25) is 5.32 Å². The highest BCUT2D eigenvalue weighted by Crippen LogP contribution is 2.22. The summed E-state index contributed by atoms with van der Waals surface area (Å²) >= 11 is 1.79. The molecule has 5 nitrogen and oxygen atoms in total. The van der Waals surface area contributed by atoms with Crippen LogP contribution in [0.4, 0.5) is 4.39 Å². The van der Waals surface area contributed by atoms with Gasteiger partial charge in [0.05, 0.1) is 6.04 Å². The van der Waals surface area contributed by atoms with Crippen LogP contribution in [0.1, 0.15) is 17.8 Å². The molecule has 1 fully saturated rings. The highest BCUT2D eigenvalue weighted by Gasteiger charge is 2.22. The minimum atomic E-state index is -0.335. The van der Waals surface area contributed by atoms with Gasteiger partial charge in [-0.2, -0.15) is 4.98 Å². The van der Waals surface area contributed by atoms with Gasteiger partial charge < -0.3 is 9.26 Å². The molecular weight excluding hydrogens is 269 g/mol. The zero-order chi connectivity index (χ0) is 13.1. The maximum absolute atomic E-state index is 13.0. The lowest BCUT2D eigenvalue weighted by Crippen LogP contribution is -2.14. The van der Waals surface area contributed by atoms with Crippen LogP contribution in [0.3, 0.4) is 0 Å². The van der Waals surface area contributed by atoms with Crippen molar-refractivity contribution in [2.45, 2.75) is 12.6 Å². The van der Waals surface area contributed by atoms with Crippen molar-refractivity contribution in [1.82, 2.24) is 15.5 Å². The molecule has 100 valence electrons. The SMILES string of the molecule is Fc1cccc(OCc2noc(C3CSCN3)n2)c1. The molecular formula is C12H12FN3O2S. The Labute approximate surface area is 113 Å². The van der Waals surface area contributed by atoms with Crippen molar-refractivity contribution in [1.29, 1.82) is 0 Å². The number of rotatable bonds is 4. The summed E-state index contributed by atoms with van der Waals surface area (Å²) in [6, 6.07) is 6.06. The Morgan fingerprint density at radius 2 is 2.47 bits per heavy atom. The van der Waals surface area contributed by atoms with Gasteiger partial charge >= 0.3 is 0 Å². The summed E-state index contributed by atoms with van der Waals surface area (Å²) in [5.41, 5.74) is 0. The zero-order valence-electron chi connectivity index (χ0n) is 10.0. The predicted octanol–water partition coefficient (Wildman–Crippen LogP) is 2.12. The molecule has 0 saturated carbocycles. The van der Waals surface area contributed by atoms with Crippen LogP contribution in [0.2, 0.25) is 0 Å². The Hall–Kier alpha value is -1.60. The molecule has 1 saturated heterocycles. The van der Waals surface area contributed by atoms with Gasteiger partial charge in [-0.25, -0.2) is 4.39 Å². The molecule has 3 rings (SSSR count). The molecule has 0 aliphatic carbocycles. The highest BCUT2D eigenvalue weighted by atomic mass is 32.2. The van der Waals surface area contributed by atoms with Crippen LogP contribution in [0, 0.1) is 5.82 Å². The molecule has 1 atom stereocenters. The Bertz CT molecular complexity index is 557. The average molecular weight is 281 g/mol. The first-order chi connectivity index (χ1) is 9.31. The molecule has 0 bridgehead atoms. The summed E-state index contributed by atoms with van der Waals surface area (Å²) in [7, 11) is 0. The molecule has 1 N–H and O–H groups in total. The summed E-state index contributed by atoms with van der Waals surface area (Å²) in [5.74, 6) is 2.95. The summed E-state index contributed by atoms with van der Waals surface area (Å²) in [4.78, 5) is 4.26. The highest BCUT2D eigenvalue weighted by molar-refractivity contribution is 7.99. The normalized spacial score (nSPS) is 18.7. The Balaban J connectivity index is 1.61. The van der Waals surface area contributed by atoms with Crippen molar-refractivity contribution < 1.29 is 13.7 Å². The van der Waals surface area contributed by atoms with E-state index in [-0.39, 0.29) is 18.5 Å². The number of halogens is 1. The van der Waals surface area contributed by atoms with Gasteiger partial charge in [-0.1, -0.05) is 11.2 Å². The van der Waals surface area contributed by atoms with Crippen LogP contribution in [0.5, 0.6) is 5.75 Å². The molecule has 1 unspecified atom stereocenters.